The predicted molar refractivity (Wildman–Crippen MR) is 71.5 cm³/mol. The Kier molecular flexibility index (Phi) is 3.64. The van der Waals surface area contributed by atoms with E-state index in [1.165, 1.54) is 11.1 Å². The lowest BCUT2D eigenvalue weighted by molar-refractivity contribution is 0.298. The van der Waals surface area contributed by atoms with E-state index in [4.69, 9.17) is 5.11 Å². The quantitative estimate of drug-likeness (QED) is 0.945. The first-order chi connectivity index (χ1) is 8.11. The molecule has 1 aromatic heterocycles. The van der Waals surface area contributed by atoms with Crippen LogP contribution in [0.2, 0.25) is 0 Å². The number of rotatable bonds is 3. The fourth-order valence-corrected chi connectivity index (χ4v) is 2.32. The molecule has 4 heteroatoms. The van der Waals surface area contributed by atoms with E-state index in [2.05, 4.69) is 53.1 Å². The maximum absolute atomic E-state index is 8.94. The SMILES string of the molecule is Cc1ccc(-n2cc(Br)c(CCO)n2)c(C)c1. The van der Waals surface area contributed by atoms with Crippen LogP contribution in [-0.4, -0.2) is 21.5 Å². The topological polar surface area (TPSA) is 38.0 Å². The minimum Gasteiger partial charge on any atom is -0.396 e. The zero-order chi connectivity index (χ0) is 12.4. The highest BCUT2D eigenvalue weighted by atomic mass is 79.9. The second-order valence-electron chi connectivity index (χ2n) is 4.13. The zero-order valence-corrected chi connectivity index (χ0v) is 11.5. The van der Waals surface area contributed by atoms with Crippen molar-refractivity contribution in [2.45, 2.75) is 20.3 Å². The molecule has 1 aromatic carbocycles. The van der Waals surface area contributed by atoms with Gasteiger partial charge in [-0.1, -0.05) is 17.7 Å². The smallest absolute Gasteiger partial charge is 0.0793 e. The van der Waals surface area contributed by atoms with Gasteiger partial charge in [0.25, 0.3) is 0 Å². The van der Waals surface area contributed by atoms with Crippen LogP contribution in [-0.2, 0) is 6.42 Å². The van der Waals surface area contributed by atoms with Crippen molar-refractivity contribution < 1.29 is 5.11 Å². The van der Waals surface area contributed by atoms with E-state index < -0.39 is 0 Å². The highest BCUT2D eigenvalue weighted by Gasteiger charge is 2.08. The van der Waals surface area contributed by atoms with E-state index in [1.54, 1.807) is 0 Å². The predicted octanol–water partition coefficient (Wildman–Crippen LogP) is 2.79. The van der Waals surface area contributed by atoms with Crippen LogP contribution in [0.1, 0.15) is 16.8 Å². The minimum atomic E-state index is 0.114. The molecule has 17 heavy (non-hydrogen) atoms. The Morgan fingerprint density at radius 1 is 1.35 bits per heavy atom. The largest absolute Gasteiger partial charge is 0.396 e. The van der Waals surface area contributed by atoms with Crippen LogP contribution in [0.25, 0.3) is 5.69 Å². The van der Waals surface area contributed by atoms with E-state index >= 15 is 0 Å². The average Bonchev–Trinajstić information content (AvgIpc) is 2.60. The number of aromatic nitrogens is 2. The van der Waals surface area contributed by atoms with Gasteiger partial charge in [-0.2, -0.15) is 5.10 Å². The summed E-state index contributed by atoms with van der Waals surface area (Å²) in [4.78, 5) is 0. The lowest BCUT2D eigenvalue weighted by Gasteiger charge is -2.06. The third kappa shape index (κ3) is 2.58. The normalized spacial score (nSPS) is 10.8. The molecule has 0 unspecified atom stereocenters. The van der Waals surface area contributed by atoms with Crippen molar-refractivity contribution in [1.29, 1.82) is 0 Å². The zero-order valence-electron chi connectivity index (χ0n) is 9.94. The first-order valence-corrected chi connectivity index (χ1v) is 6.33. The van der Waals surface area contributed by atoms with Gasteiger partial charge in [0.15, 0.2) is 0 Å². The van der Waals surface area contributed by atoms with Gasteiger partial charge in [-0.3, -0.25) is 0 Å². The molecule has 0 aliphatic carbocycles. The summed E-state index contributed by atoms with van der Waals surface area (Å²) >= 11 is 3.46. The highest BCUT2D eigenvalue weighted by molar-refractivity contribution is 9.10. The highest BCUT2D eigenvalue weighted by Crippen LogP contribution is 2.21. The first-order valence-electron chi connectivity index (χ1n) is 5.54. The molecule has 0 amide bonds. The summed E-state index contributed by atoms with van der Waals surface area (Å²) in [5, 5.41) is 13.4. The van der Waals surface area contributed by atoms with Gasteiger partial charge in [-0.05, 0) is 41.4 Å². The Hall–Kier alpha value is -1.13. The molecular weight excluding hydrogens is 280 g/mol. The lowest BCUT2D eigenvalue weighted by atomic mass is 10.1. The number of aliphatic hydroxyl groups is 1. The molecule has 0 aliphatic rings. The van der Waals surface area contributed by atoms with E-state index in [0.29, 0.717) is 6.42 Å². The van der Waals surface area contributed by atoms with Gasteiger partial charge in [-0.15, -0.1) is 0 Å². The molecule has 90 valence electrons. The van der Waals surface area contributed by atoms with Crippen molar-refractivity contribution in [3.8, 4) is 5.69 Å². The van der Waals surface area contributed by atoms with Crippen molar-refractivity contribution in [3.05, 3.63) is 45.7 Å². The van der Waals surface area contributed by atoms with Crippen LogP contribution >= 0.6 is 15.9 Å². The molecule has 2 rings (SSSR count). The van der Waals surface area contributed by atoms with Crippen molar-refractivity contribution in [3.63, 3.8) is 0 Å². The fraction of sp³-hybridized carbons (Fsp3) is 0.308. The second kappa shape index (κ2) is 5.02. The summed E-state index contributed by atoms with van der Waals surface area (Å²) in [6, 6.07) is 6.27. The summed E-state index contributed by atoms with van der Waals surface area (Å²) in [6.07, 6.45) is 2.50. The first kappa shape index (κ1) is 12.3. The Labute approximate surface area is 109 Å². The third-order valence-corrected chi connectivity index (χ3v) is 3.35. The molecule has 0 saturated carbocycles. The number of hydrogen-bond donors (Lipinski definition) is 1. The van der Waals surface area contributed by atoms with Crippen molar-refractivity contribution in [2.75, 3.05) is 6.61 Å². The molecule has 0 fully saturated rings. The van der Waals surface area contributed by atoms with Gasteiger partial charge in [0.1, 0.15) is 0 Å². The molecular formula is C13H15BrN2O. The molecule has 1 N–H and O–H groups in total. The van der Waals surface area contributed by atoms with Crippen LogP contribution in [0.4, 0.5) is 0 Å². The molecule has 0 spiro atoms. The Bertz CT molecular complexity index is 534. The van der Waals surface area contributed by atoms with E-state index in [0.717, 1.165) is 15.9 Å². The number of nitrogens with zero attached hydrogens (tertiary/aromatic N) is 2. The van der Waals surface area contributed by atoms with E-state index in [-0.39, 0.29) is 6.61 Å². The molecule has 0 bridgehead atoms. The van der Waals surface area contributed by atoms with Gasteiger partial charge in [0.05, 0.1) is 15.9 Å². The van der Waals surface area contributed by atoms with Crippen molar-refractivity contribution in [1.82, 2.24) is 9.78 Å². The number of aliphatic hydroxyl groups excluding tert-OH is 1. The Balaban J connectivity index is 2.42. The van der Waals surface area contributed by atoms with Crippen molar-refractivity contribution >= 4 is 15.9 Å². The van der Waals surface area contributed by atoms with Gasteiger partial charge < -0.3 is 5.11 Å². The summed E-state index contributed by atoms with van der Waals surface area (Å²) in [5.74, 6) is 0. The van der Waals surface area contributed by atoms with E-state index in [1.807, 2.05) is 10.9 Å². The maximum atomic E-state index is 8.94. The standard InChI is InChI=1S/C13H15BrN2O/c1-9-3-4-13(10(2)7-9)16-8-11(14)12(15-16)5-6-17/h3-4,7-8,17H,5-6H2,1-2H3. The molecule has 3 nitrogen and oxygen atoms in total. The van der Waals surface area contributed by atoms with Gasteiger partial charge in [0, 0.05) is 19.2 Å². The number of aryl methyl sites for hydroxylation is 2. The van der Waals surface area contributed by atoms with Crippen LogP contribution < -0.4 is 0 Å². The second-order valence-corrected chi connectivity index (χ2v) is 4.99. The molecule has 0 saturated heterocycles. The molecule has 2 aromatic rings. The van der Waals surface area contributed by atoms with Crippen LogP contribution in [0, 0.1) is 13.8 Å². The third-order valence-electron chi connectivity index (χ3n) is 2.69. The average molecular weight is 295 g/mol. The van der Waals surface area contributed by atoms with Gasteiger partial charge >= 0.3 is 0 Å². The summed E-state index contributed by atoms with van der Waals surface area (Å²) in [6.45, 7) is 4.26. The van der Waals surface area contributed by atoms with Crippen LogP contribution in [0.3, 0.4) is 0 Å². The van der Waals surface area contributed by atoms with Gasteiger partial charge in [-0.25, -0.2) is 4.68 Å². The molecule has 0 atom stereocenters. The number of hydrogen-bond acceptors (Lipinski definition) is 2. The minimum absolute atomic E-state index is 0.114. The van der Waals surface area contributed by atoms with Crippen LogP contribution in [0.15, 0.2) is 28.9 Å². The maximum Gasteiger partial charge on any atom is 0.0793 e. The molecule has 0 aliphatic heterocycles. The van der Waals surface area contributed by atoms with Gasteiger partial charge in [0.2, 0.25) is 0 Å². The molecule has 1 heterocycles. The number of halogens is 1. The summed E-state index contributed by atoms with van der Waals surface area (Å²) in [5.41, 5.74) is 4.39. The summed E-state index contributed by atoms with van der Waals surface area (Å²) < 4.78 is 2.79. The Morgan fingerprint density at radius 3 is 2.76 bits per heavy atom. The summed E-state index contributed by atoms with van der Waals surface area (Å²) in [7, 11) is 0. The van der Waals surface area contributed by atoms with Crippen LogP contribution in [0.5, 0.6) is 0 Å². The fourth-order valence-electron chi connectivity index (χ4n) is 1.85. The monoisotopic (exact) mass is 294 g/mol. The lowest BCUT2D eigenvalue weighted by Crippen LogP contribution is -2.00. The molecule has 0 radical (unpaired) electrons. The van der Waals surface area contributed by atoms with E-state index in [9.17, 15) is 0 Å². The Morgan fingerprint density at radius 2 is 2.12 bits per heavy atom. The van der Waals surface area contributed by atoms with Crippen molar-refractivity contribution in [2.24, 2.45) is 0 Å². The number of benzene rings is 1.